The van der Waals surface area contributed by atoms with Gasteiger partial charge < -0.3 is 0 Å². The van der Waals surface area contributed by atoms with Crippen LogP contribution in [0.2, 0.25) is 0 Å². The summed E-state index contributed by atoms with van der Waals surface area (Å²) in [5, 5.41) is 6.23. The Hall–Kier alpha value is -1.69. The molecule has 0 radical (unpaired) electrons. The van der Waals surface area contributed by atoms with Crippen molar-refractivity contribution in [2.45, 2.75) is 6.54 Å². The second-order valence-electron chi connectivity index (χ2n) is 2.97. The Morgan fingerprint density at radius 3 is 3.43 bits per heavy atom. The fourth-order valence-electron chi connectivity index (χ4n) is 1.39. The third-order valence-electron chi connectivity index (χ3n) is 2.04. The molecule has 0 aliphatic rings. The standard InChI is InChI=1S/C8H7N5S/c1-2-12(6-9-1)3-7-4-14-8-10-5-11-13(7)8/h1-2,4-6H,3H2/p+1. The molecular weight excluding hydrogens is 198 g/mol. The second kappa shape index (κ2) is 2.91. The van der Waals surface area contributed by atoms with Gasteiger partial charge in [-0.2, -0.15) is 5.10 Å². The Labute approximate surface area is 83.7 Å². The van der Waals surface area contributed by atoms with Gasteiger partial charge >= 0.3 is 0 Å². The first-order valence-electron chi connectivity index (χ1n) is 4.21. The summed E-state index contributed by atoms with van der Waals surface area (Å²) in [7, 11) is 0. The van der Waals surface area contributed by atoms with Gasteiger partial charge in [-0.25, -0.2) is 14.1 Å². The Morgan fingerprint density at radius 2 is 2.57 bits per heavy atom. The summed E-state index contributed by atoms with van der Waals surface area (Å²) >= 11 is 1.61. The normalized spacial score (nSPS) is 11.1. The van der Waals surface area contributed by atoms with Crippen LogP contribution in [0.25, 0.3) is 4.96 Å². The topological polar surface area (TPSA) is 49.9 Å². The van der Waals surface area contributed by atoms with E-state index in [0.717, 1.165) is 17.2 Å². The Balaban J connectivity index is 2.02. The SMILES string of the molecule is c1nc2scc(C[n+]3cc[nH]c3)n2n1. The van der Waals surface area contributed by atoms with Crippen molar-refractivity contribution in [3.05, 3.63) is 36.1 Å². The van der Waals surface area contributed by atoms with Crippen molar-refractivity contribution < 1.29 is 4.57 Å². The van der Waals surface area contributed by atoms with Crippen molar-refractivity contribution >= 4 is 16.3 Å². The molecule has 3 aromatic rings. The molecule has 0 atom stereocenters. The summed E-state index contributed by atoms with van der Waals surface area (Å²) in [4.78, 5) is 8.07. The van der Waals surface area contributed by atoms with Crippen molar-refractivity contribution in [3.8, 4) is 0 Å². The largest absolute Gasteiger partial charge is 0.250 e. The lowest BCUT2D eigenvalue weighted by atomic mass is 10.5. The van der Waals surface area contributed by atoms with E-state index in [4.69, 9.17) is 0 Å². The number of aromatic nitrogens is 5. The molecule has 70 valence electrons. The number of fused-ring (bicyclic) bond motifs is 1. The quantitative estimate of drug-likeness (QED) is 0.619. The van der Waals surface area contributed by atoms with Gasteiger partial charge in [0.15, 0.2) is 0 Å². The molecule has 14 heavy (non-hydrogen) atoms. The average Bonchev–Trinajstić information content (AvgIpc) is 2.85. The van der Waals surface area contributed by atoms with E-state index in [2.05, 4.69) is 25.0 Å². The fraction of sp³-hybridized carbons (Fsp3) is 0.125. The van der Waals surface area contributed by atoms with Crippen LogP contribution in [-0.2, 0) is 6.54 Å². The molecule has 1 N–H and O–H groups in total. The van der Waals surface area contributed by atoms with Gasteiger partial charge in [-0.1, -0.05) is 0 Å². The summed E-state index contributed by atoms with van der Waals surface area (Å²) in [5.41, 5.74) is 1.15. The lowest BCUT2D eigenvalue weighted by molar-refractivity contribution is -0.687. The maximum Gasteiger partial charge on any atom is 0.241 e. The number of H-pyrrole nitrogens is 1. The number of nitrogens with one attached hydrogen (secondary N) is 1. The smallest absolute Gasteiger partial charge is 0.241 e. The lowest BCUT2D eigenvalue weighted by Crippen LogP contribution is -2.31. The van der Waals surface area contributed by atoms with Gasteiger partial charge in [0.2, 0.25) is 11.3 Å². The van der Waals surface area contributed by atoms with Crippen LogP contribution in [-0.4, -0.2) is 19.6 Å². The number of imidazole rings is 1. The van der Waals surface area contributed by atoms with Gasteiger partial charge in [-0.3, -0.25) is 4.98 Å². The van der Waals surface area contributed by atoms with Crippen LogP contribution in [0.5, 0.6) is 0 Å². The highest BCUT2D eigenvalue weighted by atomic mass is 32.1. The molecule has 3 aromatic heterocycles. The van der Waals surface area contributed by atoms with Crippen LogP contribution in [0.1, 0.15) is 5.69 Å². The molecule has 0 aliphatic heterocycles. The van der Waals surface area contributed by atoms with E-state index in [1.807, 2.05) is 23.2 Å². The van der Waals surface area contributed by atoms with Crippen LogP contribution < -0.4 is 4.57 Å². The number of hydrogen-bond donors (Lipinski definition) is 1. The summed E-state index contributed by atoms with van der Waals surface area (Å²) in [5.74, 6) is 0. The van der Waals surface area contributed by atoms with Crippen LogP contribution in [0.3, 0.4) is 0 Å². The van der Waals surface area contributed by atoms with E-state index in [-0.39, 0.29) is 0 Å². The summed E-state index contributed by atoms with van der Waals surface area (Å²) in [6.45, 7) is 0.812. The molecule has 0 unspecified atom stereocenters. The first-order chi connectivity index (χ1) is 6.93. The minimum absolute atomic E-state index is 0.812. The van der Waals surface area contributed by atoms with E-state index in [1.165, 1.54) is 0 Å². The van der Waals surface area contributed by atoms with E-state index < -0.39 is 0 Å². The predicted octanol–water partition coefficient (Wildman–Crippen LogP) is 0.455. The van der Waals surface area contributed by atoms with Crippen molar-refractivity contribution in [2.75, 3.05) is 0 Å². The highest BCUT2D eigenvalue weighted by molar-refractivity contribution is 7.15. The van der Waals surface area contributed by atoms with Crippen LogP contribution in [0.4, 0.5) is 0 Å². The van der Waals surface area contributed by atoms with Gasteiger partial charge in [0.1, 0.15) is 25.3 Å². The number of aromatic amines is 1. The average molecular weight is 206 g/mol. The van der Waals surface area contributed by atoms with Gasteiger partial charge in [-0.15, -0.1) is 11.3 Å². The van der Waals surface area contributed by atoms with Gasteiger partial charge in [0.05, 0.1) is 5.69 Å². The van der Waals surface area contributed by atoms with Crippen LogP contribution >= 0.6 is 11.3 Å². The molecule has 0 fully saturated rings. The second-order valence-corrected chi connectivity index (χ2v) is 3.80. The molecular formula is C8H8N5S+. The predicted molar refractivity (Wildman–Crippen MR) is 51.0 cm³/mol. The molecule has 0 saturated heterocycles. The maximum absolute atomic E-state index is 4.15. The Bertz CT molecular complexity index is 535. The monoisotopic (exact) mass is 206 g/mol. The zero-order valence-corrected chi connectivity index (χ0v) is 8.11. The van der Waals surface area contributed by atoms with Crippen molar-refractivity contribution in [1.29, 1.82) is 0 Å². The first-order valence-corrected chi connectivity index (χ1v) is 5.09. The zero-order valence-electron chi connectivity index (χ0n) is 7.29. The molecule has 0 saturated carbocycles. The highest BCUT2D eigenvalue weighted by Crippen LogP contribution is 2.11. The van der Waals surface area contributed by atoms with Crippen LogP contribution in [0, 0.1) is 0 Å². The summed E-state index contributed by atoms with van der Waals surface area (Å²) in [6, 6.07) is 0. The lowest BCUT2D eigenvalue weighted by Gasteiger charge is -1.92. The molecule has 6 heteroatoms. The number of nitrogens with zero attached hydrogens (tertiary/aromatic N) is 4. The molecule has 0 aliphatic carbocycles. The first kappa shape index (κ1) is 7.69. The minimum Gasteiger partial charge on any atom is -0.250 e. The molecule has 0 spiro atoms. The van der Waals surface area contributed by atoms with E-state index in [9.17, 15) is 0 Å². The van der Waals surface area contributed by atoms with Gasteiger partial charge in [-0.05, 0) is 0 Å². The highest BCUT2D eigenvalue weighted by Gasteiger charge is 2.07. The molecule has 0 aromatic carbocycles. The Morgan fingerprint density at radius 1 is 1.57 bits per heavy atom. The van der Waals surface area contributed by atoms with E-state index >= 15 is 0 Å². The number of thiazole rings is 1. The minimum atomic E-state index is 0.812. The van der Waals surface area contributed by atoms with Crippen molar-refractivity contribution in [1.82, 2.24) is 19.6 Å². The zero-order chi connectivity index (χ0) is 9.38. The molecule has 5 nitrogen and oxygen atoms in total. The van der Waals surface area contributed by atoms with E-state index in [1.54, 1.807) is 17.7 Å². The van der Waals surface area contributed by atoms with Crippen molar-refractivity contribution in [2.24, 2.45) is 0 Å². The van der Waals surface area contributed by atoms with Gasteiger partial charge in [0, 0.05) is 5.38 Å². The number of hydrogen-bond acceptors (Lipinski definition) is 3. The molecule has 3 rings (SSSR count). The fourth-order valence-corrected chi connectivity index (χ4v) is 2.18. The van der Waals surface area contributed by atoms with Gasteiger partial charge in [0.25, 0.3) is 0 Å². The molecule has 0 bridgehead atoms. The van der Waals surface area contributed by atoms with E-state index in [0.29, 0.717) is 0 Å². The number of rotatable bonds is 2. The summed E-state index contributed by atoms with van der Waals surface area (Å²) < 4.78 is 3.92. The molecule has 0 amide bonds. The summed E-state index contributed by atoms with van der Waals surface area (Å²) in [6.07, 6.45) is 7.38. The van der Waals surface area contributed by atoms with Crippen LogP contribution in [0.15, 0.2) is 30.4 Å². The molecule has 3 heterocycles. The third-order valence-corrected chi connectivity index (χ3v) is 2.92. The Kier molecular flexibility index (Phi) is 1.60. The van der Waals surface area contributed by atoms with Crippen molar-refractivity contribution in [3.63, 3.8) is 0 Å². The third kappa shape index (κ3) is 1.12. The maximum atomic E-state index is 4.15.